The zero-order valence-corrected chi connectivity index (χ0v) is 11.5. The summed E-state index contributed by atoms with van der Waals surface area (Å²) in [6.45, 7) is 0. The molecule has 0 unspecified atom stereocenters. The number of hydrogen-bond acceptors (Lipinski definition) is 5. The van der Waals surface area contributed by atoms with E-state index in [0.717, 1.165) is 6.07 Å². The Morgan fingerprint density at radius 3 is 2.52 bits per heavy atom. The van der Waals surface area contributed by atoms with Crippen LogP contribution in [0.15, 0.2) is 48.9 Å². The molecule has 0 aliphatic rings. The standard InChI is InChI=1S/C14H10F3N5O/c15-14(16,17)12-6-11(9-2-1-5-18-7-9)20-22(12)13-4-3-10(21-23)8-19-13/h1-8,21,23H. The third-order valence-corrected chi connectivity index (χ3v) is 3.05. The molecule has 23 heavy (non-hydrogen) atoms. The Morgan fingerprint density at radius 1 is 1.13 bits per heavy atom. The Hall–Kier alpha value is -2.94. The Balaban J connectivity index is 2.12. The molecule has 3 rings (SSSR count). The molecule has 2 N–H and O–H groups in total. The normalized spacial score (nSPS) is 11.5. The second kappa shape index (κ2) is 5.69. The molecular weight excluding hydrogens is 311 g/mol. The van der Waals surface area contributed by atoms with E-state index in [1.54, 1.807) is 12.1 Å². The van der Waals surface area contributed by atoms with Crippen molar-refractivity contribution >= 4 is 5.69 Å². The van der Waals surface area contributed by atoms with Crippen LogP contribution in [-0.2, 0) is 6.18 Å². The van der Waals surface area contributed by atoms with Gasteiger partial charge in [-0.1, -0.05) is 0 Å². The molecule has 0 radical (unpaired) electrons. The van der Waals surface area contributed by atoms with Gasteiger partial charge in [0.25, 0.3) is 0 Å². The number of nitrogens with one attached hydrogen (secondary N) is 1. The van der Waals surface area contributed by atoms with E-state index in [1.165, 1.54) is 30.7 Å². The van der Waals surface area contributed by atoms with E-state index in [2.05, 4.69) is 15.1 Å². The van der Waals surface area contributed by atoms with Crippen LogP contribution in [0.4, 0.5) is 18.9 Å². The molecule has 118 valence electrons. The molecule has 0 spiro atoms. The van der Waals surface area contributed by atoms with Crippen molar-refractivity contribution in [2.75, 3.05) is 5.48 Å². The highest BCUT2D eigenvalue weighted by atomic mass is 19.4. The predicted molar refractivity (Wildman–Crippen MR) is 75.0 cm³/mol. The quantitative estimate of drug-likeness (QED) is 0.725. The summed E-state index contributed by atoms with van der Waals surface area (Å²) in [4.78, 5) is 7.74. The second-order valence-corrected chi connectivity index (χ2v) is 4.58. The van der Waals surface area contributed by atoms with E-state index in [-0.39, 0.29) is 17.2 Å². The summed E-state index contributed by atoms with van der Waals surface area (Å²) in [6, 6.07) is 6.87. The fourth-order valence-corrected chi connectivity index (χ4v) is 1.99. The first-order valence-corrected chi connectivity index (χ1v) is 6.43. The number of alkyl halides is 3. The summed E-state index contributed by atoms with van der Waals surface area (Å²) in [7, 11) is 0. The van der Waals surface area contributed by atoms with E-state index in [1.807, 2.05) is 5.48 Å². The van der Waals surface area contributed by atoms with Gasteiger partial charge in [-0.25, -0.2) is 9.67 Å². The zero-order valence-electron chi connectivity index (χ0n) is 11.5. The van der Waals surface area contributed by atoms with Gasteiger partial charge in [0.15, 0.2) is 11.5 Å². The smallest absolute Gasteiger partial charge is 0.291 e. The Kier molecular flexibility index (Phi) is 3.70. The molecule has 0 bridgehead atoms. The largest absolute Gasteiger partial charge is 0.433 e. The maximum Gasteiger partial charge on any atom is 0.433 e. The molecule has 3 aromatic heterocycles. The zero-order chi connectivity index (χ0) is 16.4. The molecule has 3 heterocycles. The van der Waals surface area contributed by atoms with Gasteiger partial charge in [0.2, 0.25) is 0 Å². The summed E-state index contributed by atoms with van der Waals surface area (Å²) < 4.78 is 40.5. The fraction of sp³-hybridized carbons (Fsp3) is 0.0714. The highest BCUT2D eigenvalue weighted by molar-refractivity contribution is 5.59. The van der Waals surface area contributed by atoms with Crippen LogP contribution in [0.1, 0.15) is 5.69 Å². The molecule has 0 atom stereocenters. The summed E-state index contributed by atoms with van der Waals surface area (Å²) >= 11 is 0. The minimum absolute atomic E-state index is 0.0218. The van der Waals surface area contributed by atoms with Crippen LogP contribution in [0.2, 0.25) is 0 Å². The number of halogens is 3. The van der Waals surface area contributed by atoms with Crippen LogP contribution >= 0.6 is 0 Å². The lowest BCUT2D eigenvalue weighted by molar-refractivity contribution is -0.142. The van der Waals surface area contributed by atoms with Crippen LogP contribution in [-0.4, -0.2) is 25.0 Å². The van der Waals surface area contributed by atoms with Gasteiger partial charge in [-0.05, 0) is 30.3 Å². The molecule has 0 aliphatic carbocycles. The van der Waals surface area contributed by atoms with Gasteiger partial charge < -0.3 is 0 Å². The van der Waals surface area contributed by atoms with Gasteiger partial charge in [0.05, 0.1) is 17.6 Å². The molecule has 0 amide bonds. The van der Waals surface area contributed by atoms with Crippen molar-refractivity contribution < 1.29 is 18.4 Å². The number of anilines is 1. The molecule has 6 nitrogen and oxygen atoms in total. The number of hydrogen-bond donors (Lipinski definition) is 2. The van der Waals surface area contributed by atoms with Crippen LogP contribution in [0.25, 0.3) is 17.1 Å². The Labute approximate surface area is 128 Å². The van der Waals surface area contributed by atoms with Crippen LogP contribution < -0.4 is 5.48 Å². The van der Waals surface area contributed by atoms with E-state index < -0.39 is 11.9 Å². The van der Waals surface area contributed by atoms with E-state index in [9.17, 15) is 13.2 Å². The van der Waals surface area contributed by atoms with Crippen molar-refractivity contribution in [3.63, 3.8) is 0 Å². The minimum Gasteiger partial charge on any atom is -0.291 e. The molecule has 0 fully saturated rings. The number of pyridine rings is 2. The molecule has 3 aromatic rings. The highest BCUT2D eigenvalue weighted by Gasteiger charge is 2.36. The molecule has 9 heteroatoms. The second-order valence-electron chi connectivity index (χ2n) is 4.58. The topological polar surface area (TPSA) is 75.9 Å². The predicted octanol–water partition coefficient (Wildman–Crippen LogP) is 3.15. The summed E-state index contributed by atoms with van der Waals surface area (Å²) in [5.74, 6) is -0.0218. The maximum atomic E-state index is 13.3. The van der Waals surface area contributed by atoms with Gasteiger partial charge in [0.1, 0.15) is 0 Å². The lowest BCUT2D eigenvalue weighted by Gasteiger charge is -2.09. The molecule has 0 aliphatic heterocycles. The van der Waals surface area contributed by atoms with Crippen molar-refractivity contribution in [3.8, 4) is 17.1 Å². The van der Waals surface area contributed by atoms with Crippen molar-refractivity contribution in [1.82, 2.24) is 19.7 Å². The Bertz CT molecular complexity index is 800. The Morgan fingerprint density at radius 2 is 1.96 bits per heavy atom. The van der Waals surface area contributed by atoms with Gasteiger partial charge in [-0.2, -0.15) is 18.3 Å². The summed E-state index contributed by atoms with van der Waals surface area (Å²) in [5.41, 5.74) is 1.76. The van der Waals surface area contributed by atoms with Crippen LogP contribution in [0.5, 0.6) is 0 Å². The number of aromatic nitrogens is 4. The van der Waals surface area contributed by atoms with E-state index >= 15 is 0 Å². The van der Waals surface area contributed by atoms with Gasteiger partial charge in [-0.15, -0.1) is 0 Å². The third kappa shape index (κ3) is 2.99. The lowest BCUT2D eigenvalue weighted by Crippen LogP contribution is -2.14. The monoisotopic (exact) mass is 321 g/mol. The molecule has 0 aromatic carbocycles. The van der Waals surface area contributed by atoms with E-state index in [0.29, 0.717) is 10.2 Å². The summed E-state index contributed by atoms with van der Waals surface area (Å²) in [5, 5.41) is 12.7. The summed E-state index contributed by atoms with van der Waals surface area (Å²) in [6.07, 6.45) is -0.448. The van der Waals surface area contributed by atoms with Crippen molar-refractivity contribution in [2.24, 2.45) is 0 Å². The van der Waals surface area contributed by atoms with Crippen molar-refractivity contribution in [1.29, 1.82) is 0 Å². The fourth-order valence-electron chi connectivity index (χ4n) is 1.99. The van der Waals surface area contributed by atoms with Crippen molar-refractivity contribution in [2.45, 2.75) is 6.18 Å². The first-order valence-electron chi connectivity index (χ1n) is 6.43. The van der Waals surface area contributed by atoms with E-state index in [4.69, 9.17) is 5.21 Å². The molecular formula is C14H10F3N5O. The molecule has 0 saturated heterocycles. The van der Waals surface area contributed by atoms with Gasteiger partial charge in [0, 0.05) is 18.0 Å². The lowest BCUT2D eigenvalue weighted by atomic mass is 10.2. The van der Waals surface area contributed by atoms with Crippen molar-refractivity contribution in [3.05, 3.63) is 54.6 Å². The average Bonchev–Trinajstić information content (AvgIpc) is 3.01. The van der Waals surface area contributed by atoms with Gasteiger partial charge in [-0.3, -0.25) is 15.7 Å². The van der Waals surface area contributed by atoms with Gasteiger partial charge >= 0.3 is 6.18 Å². The average molecular weight is 321 g/mol. The first-order chi connectivity index (χ1) is 11.0. The number of rotatable bonds is 3. The third-order valence-electron chi connectivity index (χ3n) is 3.05. The van der Waals surface area contributed by atoms with Crippen LogP contribution in [0, 0.1) is 0 Å². The SMILES string of the molecule is ONc1ccc(-n2nc(-c3cccnc3)cc2C(F)(F)F)nc1. The number of nitrogens with zero attached hydrogens (tertiary/aromatic N) is 4. The minimum atomic E-state index is -4.59. The highest BCUT2D eigenvalue weighted by Crippen LogP contribution is 2.33. The maximum absolute atomic E-state index is 13.3. The van der Waals surface area contributed by atoms with Crippen LogP contribution in [0.3, 0.4) is 0 Å². The molecule has 0 saturated carbocycles. The first kappa shape index (κ1) is 15.0.